The highest BCUT2D eigenvalue weighted by Gasteiger charge is 1.88. The Labute approximate surface area is 94.8 Å². The van der Waals surface area contributed by atoms with Gasteiger partial charge in [-0.15, -0.1) is 6.42 Å². The minimum absolute atomic E-state index is 0.951. The fraction of sp³-hybridized carbons (Fsp3) is 0.600. The third-order valence-corrected chi connectivity index (χ3v) is 2.19. The van der Waals surface area contributed by atoms with Crippen molar-refractivity contribution in [1.29, 1.82) is 0 Å². The summed E-state index contributed by atoms with van der Waals surface area (Å²) < 4.78 is 0. The quantitative estimate of drug-likeness (QED) is 0.433. The van der Waals surface area contributed by atoms with Gasteiger partial charge in [0.15, 0.2) is 0 Å². The van der Waals surface area contributed by atoms with Gasteiger partial charge in [0, 0.05) is 6.42 Å². The molecular formula is C15H20. The zero-order chi connectivity index (χ0) is 11.2. The Kier molecular flexibility index (Phi) is 11.6. The highest BCUT2D eigenvalue weighted by atomic mass is 13.9. The monoisotopic (exact) mass is 200 g/mol. The molecule has 0 N–H and O–H groups in total. The van der Waals surface area contributed by atoms with Crippen LogP contribution in [0, 0.1) is 36.0 Å². The van der Waals surface area contributed by atoms with E-state index in [-0.39, 0.29) is 0 Å². The Bertz CT molecular complexity index is 282. The fourth-order valence-corrected chi connectivity index (χ4v) is 1.34. The van der Waals surface area contributed by atoms with E-state index in [4.69, 9.17) is 6.42 Å². The van der Waals surface area contributed by atoms with Crippen LogP contribution in [0.15, 0.2) is 0 Å². The first kappa shape index (κ1) is 13.7. The first-order chi connectivity index (χ1) is 7.41. The van der Waals surface area contributed by atoms with Crippen LogP contribution in [0.3, 0.4) is 0 Å². The molecule has 0 radical (unpaired) electrons. The zero-order valence-corrected chi connectivity index (χ0v) is 9.73. The predicted molar refractivity (Wildman–Crippen MR) is 67.0 cm³/mol. The van der Waals surface area contributed by atoms with E-state index < -0.39 is 0 Å². The van der Waals surface area contributed by atoms with E-state index in [0.717, 1.165) is 6.42 Å². The van der Waals surface area contributed by atoms with Crippen molar-refractivity contribution < 1.29 is 0 Å². The summed E-state index contributed by atoms with van der Waals surface area (Å²) in [4.78, 5) is 0. The SMILES string of the molecule is C#CC#CC#CCCCCCCCCC. The van der Waals surface area contributed by atoms with Crippen molar-refractivity contribution in [3.63, 3.8) is 0 Å². The van der Waals surface area contributed by atoms with Crippen LogP contribution in [0.5, 0.6) is 0 Å². The normalized spacial score (nSPS) is 8.00. The summed E-state index contributed by atoms with van der Waals surface area (Å²) in [5.41, 5.74) is 0. The molecule has 0 rings (SSSR count). The molecule has 0 aromatic carbocycles. The predicted octanol–water partition coefficient (Wildman–Crippen LogP) is 3.77. The maximum atomic E-state index is 4.96. The van der Waals surface area contributed by atoms with E-state index in [0.29, 0.717) is 0 Å². The van der Waals surface area contributed by atoms with Gasteiger partial charge < -0.3 is 0 Å². The Hall–Kier alpha value is -1.32. The van der Waals surface area contributed by atoms with Crippen LogP contribution >= 0.6 is 0 Å². The molecule has 0 amide bonds. The number of rotatable bonds is 7. The third-order valence-electron chi connectivity index (χ3n) is 2.19. The molecule has 0 aliphatic carbocycles. The molecule has 0 heterocycles. The van der Waals surface area contributed by atoms with Crippen molar-refractivity contribution >= 4 is 0 Å². The first-order valence-electron chi connectivity index (χ1n) is 5.85. The highest BCUT2D eigenvalue weighted by Crippen LogP contribution is 2.07. The van der Waals surface area contributed by atoms with Crippen LogP contribution in [0.25, 0.3) is 0 Å². The van der Waals surface area contributed by atoms with Gasteiger partial charge in [-0.25, -0.2) is 0 Å². The van der Waals surface area contributed by atoms with Gasteiger partial charge in [-0.3, -0.25) is 0 Å². The Morgan fingerprint density at radius 2 is 1.47 bits per heavy atom. The maximum absolute atomic E-state index is 4.96. The summed E-state index contributed by atoms with van der Waals surface area (Å²) >= 11 is 0. The van der Waals surface area contributed by atoms with Crippen molar-refractivity contribution in [1.82, 2.24) is 0 Å². The lowest BCUT2D eigenvalue weighted by Gasteiger charge is -1.97. The smallest absolute Gasteiger partial charge is 0.00989 e. The van der Waals surface area contributed by atoms with E-state index >= 15 is 0 Å². The van der Waals surface area contributed by atoms with Crippen LogP contribution < -0.4 is 0 Å². The minimum Gasteiger partial charge on any atom is -0.106 e. The molecule has 0 heteroatoms. The second-order valence-electron chi connectivity index (χ2n) is 3.57. The lowest BCUT2D eigenvalue weighted by molar-refractivity contribution is 0.594. The number of hydrogen-bond acceptors (Lipinski definition) is 0. The van der Waals surface area contributed by atoms with Gasteiger partial charge in [0.25, 0.3) is 0 Å². The van der Waals surface area contributed by atoms with E-state index in [1.807, 2.05) is 0 Å². The molecule has 80 valence electrons. The van der Waals surface area contributed by atoms with Crippen molar-refractivity contribution in [2.45, 2.75) is 58.3 Å². The molecule has 0 aromatic rings. The molecule has 0 aromatic heterocycles. The second-order valence-corrected chi connectivity index (χ2v) is 3.57. The summed E-state index contributed by atoms with van der Waals surface area (Å²) in [6.45, 7) is 2.24. The molecule has 0 aliphatic heterocycles. The maximum Gasteiger partial charge on any atom is 0.00989 e. The largest absolute Gasteiger partial charge is 0.106 e. The molecule has 15 heavy (non-hydrogen) atoms. The van der Waals surface area contributed by atoms with Gasteiger partial charge in [-0.05, 0) is 30.1 Å². The standard InChI is InChI=1S/C15H20/c1-3-5-7-9-11-13-15-14-12-10-8-6-4-2/h1H,4,6,8,10,12-15H2,2H3. The van der Waals surface area contributed by atoms with Gasteiger partial charge in [0.2, 0.25) is 0 Å². The third kappa shape index (κ3) is 12.7. The Morgan fingerprint density at radius 1 is 0.800 bits per heavy atom. The average Bonchev–Trinajstić information content (AvgIpc) is 2.26. The summed E-state index contributed by atoms with van der Waals surface area (Å²) in [6, 6.07) is 0. The van der Waals surface area contributed by atoms with E-state index in [1.54, 1.807) is 0 Å². The molecule has 0 aliphatic rings. The van der Waals surface area contributed by atoms with Crippen molar-refractivity contribution in [2.24, 2.45) is 0 Å². The number of terminal acetylenes is 1. The van der Waals surface area contributed by atoms with Crippen molar-refractivity contribution in [3.05, 3.63) is 0 Å². The summed E-state index contributed by atoms with van der Waals surface area (Å²) in [6.07, 6.45) is 15.2. The molecule has 0 atom stereocenters. The number of unbranched alkanes of at least 4 members (excludes halogenated alkanes) is 7. The van der Waals surface area contributed by atoms with Crippen molar-refractivity contribution in [3.8, 4) is 36.0 Å². The lowest BCUT2D eigenvalue weighted by Crippen LogP contribution is -1.78. The fourth-order valence-electron chi connectivity index (χ4n) is 1.34. The molecule has 0 spiro atoms. The summed E-state index contributed by atoms with van der Waals surface area (Å²) in [5, 5.41) is 0. The van der Waals surface area contributed by atoms with Gasteiger partial charge in [-0.2, -0.15) is 0 Å². The summed E-state index contributed by atoms with van der Waals surface area (Å²) in [7, 11) is 0. The van der Waals surface area contributed by atoms with Crippen LogP contribution in [0.2, 0.25) is 0 Å². The minimum atomic E-state index is 0.951. The van der Waals surface area contributed by atoms with E-state index in [1.165, 1.54) is 44.9 Å². The van der Waals surface area contributed by atoms with Gasteiger partial charge in [-0.1, -0.05) is 51.4 Å². The van der Waals surface area contributed by atoms with Crippen molar-refractivity contribution in [2.75, 3.05) is 0 Å². The average molecular weight is 200 g/mol. The molecule has 0 unspecified atom stereocenters. The topological polar surface area (TPSA) is 0 Å². The Morgan fingerprint density at radius 3 is 2.13 bits per heavy atom. The van der Waals surface area contributed by atoms with Gasteiger partial charge in [0.05, 0.1) is 0 Å². The Balaban J connectivity index is 3.17. The molecular weight excluding hydrogens is 180 g/mol. The molecule has 0 bridgehead atoms. The molecule has 0 nitrogen and oxygen atoms in total. The first-order valence-corrected chi connectivity index (χ1v) is 5.85. The number of hydrogen-bond donors (Lipinski definition) is 0. The zero-order valence-electron chi connectivity index (χ0n) is 9.73. The molecule has 0 saturated heterocycles. The van der Waals surface area contributed by atoms with Crippen LogP contribution in [0.1, 0.15) is 58.3 Å². The van der Waals surface area contributed by atoms with Crippen LogP contribution in [0.4, 0.5) is 0 Å². The second kappa shape index (κ2) is 12.7. The van der Waals surface area contributed by atoms with Gasteiger partial charge in [0.1, 0.15) is 0 Å². The van der Waals surface area contributed by atoms with Gasteiger partial charge >= 0.3 is 0 Å². The van der Waals surface area contributed by atoms with E-state index in [9.17, 15) is 0 Å². The highest BCUT2D eigenvalue weighted by molar-refractivity contribution is 5.33. The molecule has 0 saturated carbocycles. The van der Waals surface area contributed by atoms with Crippen LogP contribution in [-0.2, 0) is 0 Å². The summed E-state index contributed by atoms with van der Waals surface area (Å²) in [5.74, 6) is 13.1. The van der Waals surface area contributed by atoms with Crippen LogP contribution in [-0.4, -0.2) is 0 Å². The van der Waals surface area contributed by atoms with E-state index in [2.05, 4.69) is 36.5 Å². The molecule has 0 fully saturated rings. The lowest BCUT2D eigenvalue weighted by atomic mass is 10.1.